The van der Waals surface area contributed by atoms with Crippen molar-refractivity contribution in [3.8, 4) is 5.75 Å². The molecule has 1 aliphatic rings. The first kappa shape index (κ1) is 19.0. The van der Waals surface area contributed by atoms with Gasteiger partial charge in [-0.2, -0.15) is 0 Å². The summed E-state index contributed by atoms with van der Waals surface area (Å²) in [7, 11) is 1.61. The molecule has 142 valence electrons. The van der Waals surface area contributed by atoms with Crippen LogP contribution in [0.5, 0.6) is 5.75 Å². The van der Waals surface area contributed by atoms with Crippen molar-refractivity contribution in [3.05, 3.63) is 65.2 Å². The second-order valence-electron chi connectivity index (χ2n) is 7.27. The van der Waals surface area contributed by atoms with Crippen molar-refractivity contribution in [1.29, 1.82) is 0 Å². The minimum Gasteiger partial charge on any atom is -0.496 e. The van der Waals surface area contributed by atoms with E-state index in [-0.39, 0.29) is 11.8 Å². The largest absolute Gasteiger partial charge is 0.496 e. The topological polar surface area (TPSA) is 58.6 Å². The number of carbonyl (C=O) groups excluding carboxylic acids is 2. The minimum absolute atomic E-state index is 0.0660. The molecule has 1 N–H and O–H groups in total. The van der Waals surface area contributed by atoms with E-state index in [4.69, 9.17) is 4.74 Å². The Labute approximate surface area is 160 Å². The average Bonchev–Trinajstić information content (AvgIpc) is 3.01. The van der Waals surface area contributed by atoms with Gasteiger partial charge in [0.2, 0.25) is 5.91 Å². The maximum Gasteiger partial charge on any atom is 0.255 e. The minimum atomic E-state index is -0.486. The van der Waals surface area contributed by atoms with Gasteiger partial charge in [-0.1, -0.05) is 50.2 Å². The Morgan fingerprint density at radius 2 is 1.85 bits per heavy atom. The quantitative estimate of drug-likeness (QED) is 0.817. The number of ether oxygens (including phenoxy) is 1. The number of rotatable bonds is 7. The summed E-state index contributed by atoms with van der Waals surface area (Å²) in [4.78, 5) is 27.5. The van der Waals surface area contributed by atoms with E-state index in [2.05, 4.69) is 19.2 Å². The normalized spacial score (nSPS) is 14.2. The Balaban J connectivity index is 1.75. The lowest BCUT2D eigenvalue weighted by atomic mass is 10.0. The highest BCUT2D eigenvalue weighted by atomic mass is 16.5. The predicted octanol–water partition coefficient (Wildman–Crippen LogP) is 3.38. The maximum absolute atomic E-state index is 13.0. The van der Waals surface area contributed by atoms with Crippen molar-refractivity contribution < 1.29 is 14.3 Å². The third-order valence-corrected chi connectivity index (χ3v) is 4.87. The van der Waals surface area contributed by atoms with Gasteiger partial charge in [0, 0.05) is 24.2 Å². The molecule has 1 heterocycles. The van der Waals surface area contributed by atoms with Gasteiger partial charge in [-0.25, -0.2) is 0 Å². The molecule has 2 aromatic rings. The molecule has 5 nitrogen and oxygen atoms in total. The lowest BCUT2D eigenvalue weighted by Crippen LogP contribution is -2.47. The molecule has 0 aliphatic carbocycles. The van der Waals surface area contributed by atoms with Crippen molar-refractivity contribution in [2.24, 2.45) is 5.92 Å². The van der Waals surface area contributed by atoms with Crippen molar-refractivity contribution >= 4 is 11.8 Å². The molecular formula is C22H26N2O3. The molecule has 0 saturated carbocycles. The number of nitrogens with zero attached hydrogens (tertiary/aromatic N) is 1. The van der Waals surface area contributed by atoms with E-state index in [0.29, 0.717) is 31.0 Å². The Morgan fingerprint density at radius 1 is 1.15 bits per heavy atom. The highest BCUT2D eigenvalue weighted by Gasteiger charge is 2.36. The number of amides is 2. The van der Waals surface area contributed by atoms with Crippen molar-refractivity contribution in [3.63, 3.8) is 0 Å². The molecule has 27 heavy (non-hydrogen) atoms. The first-order chi connectivity index (χ1) is 13.0. The molecule has 5 heteroatoms. The van der Waals surface area contributed by atoms with Crippen LogP contribution in [0, 0.1) is 5.92 Å². The van der Waals surface area contributed by atoms with Gasteiger partial charge < -0.3 is 15.0 Å². The van der Waals surface area contributed by atoms with Crippen LogP contribution in [0.25, 0.3) is 0 Å². The van der Waals surface area contributed by atoms with Crippen LogP contribution in [-0.4, -0.2) is 29.9 Å². The van der Waals surface area contributed by atoms with Crippen LogP contribution in [0.2, 0.25) is 0 Å². The summed E-state index contributed by atoms with van der Waals surface area (Å²) in [6, 6.07) is 14.7. The number of hydrogen-bond acceptors (Lipinski definition) is 3. The molecule has 0 saturated heterocycles. The third-order valence-electron chi connectivity index (χ3n) is 4.87. The molecule has 0 fully saturated rings. The highest BCUT2D eigenvalue weighted by molar-refractivity contribution is 6.01. The zero-order valence-corrected chi connectivity index (χ0v) is 16.1. The lowest BCUT2D eigenvalue weighted by molar-refractivity contribution is -0.126. The van der Waals surface area contributed by atoms with Crippen molar-refractivity contribution in [2.75, 3.05) is 7.11 Å². The standard InChI is InChI=1S/C22H26N2O3/c1-15(2)12-19(24-14-17-9-4-6-10-18(17)22(24)26)21(25)23-13-16-8-5-7-11-20(16)27-3/h4-11,15,19H,12-14H2,1-3H3,(H,23,25)/t19-/m0/s1. The number of nitrogens with one attached hydrogen (secondary N) is 1. The van der Waals surface area contributed by atoms with Gasteiger partial charge in [-0.15, -0.1) is 0 Å². The summed E-state index contributed by atoms with van der Waals surface area (Å²) in [5.74, 6) is 0.839. The van der Waals surface area contributed by atoms with Crippen LogP contribution in [0.4, 0.5) is 0 Å². The number of fused-ring (bicyclic) bond motifs is 1. The molecule has 0 bridgehead atoms. The number of methoxy groups -OCH3 is 1. The van der Waals surface area contributed by atoms with Gasteiger partial charge >= 0.3 is 0 Å². The fourth-order valence-electron chi connectivity index (χ4n) is 3.50. The van der Waals surface area contributed by atoms with E-state index in [9.17, 15) is 9.59 Å². The monoisotopic (exact) mass is 366 g/mol. The lowest BCUT2D eigenvalue weighted by Gasteiger charge is -2.28. The van der Waals surface area contributed by atoms with Crippen LogP contribution in [-0.2, 0) is 17.9 Å². The predicted molar refractivity (Wildman–Crippen MR) is 104 cm³/mol. The molecule has 0 aromatic heterocycles. The molecule has 3 rings (SSSR count). The van der Waals surface area contributed by atoms with Gasteiger partial charge in [-0.05, 0) is 30.0 Å². The van der Waals surface area contributed by atoms with Crippen LogP contribution in [0.1, 0.15) is 41.8 Å². The highest BCUT2D eigenvalue weighted by Crippen LogP contribution is 2.27. The van der Waals surface area contributed by atoms with E-state index < -0.39 is 6.04 Å². The smallest absolute Gasteiger partial charge is 0.255 e. The Bertz CT molecular complexity index is 832. The second-order valence-corrected chi connectivity index (χ2v) is 7.27. The summed E-state index contributed by atoms with van der Waals surface area (Å²) >= 11 is 0. The summed E-state index contributed by atoms with van der Waals surface area (Å²) < 4.78 is 5.35. The summed E-state index contributed by atoms with van der Waals surface area (Å²) in [5, 5.41) is 2.99. The van der Waals surface area contributed by atoms with Gasteiger partial charge in [-0.3, -0.25) is 9.59 Å². The van der Waals surface area contributed by atoms with Crippen LogP contribution in [0.15, 0.2) is 48.5 Å². The summed E-state index contributed by atoms with van der Waals surface area (Å²) in [5.41, 5.74) is 2.59. The first-order valence-corrected chi connectivity index (χ1v) is 9.29. The average molecular weight is 366 g/mol. The van der Waals surface area contributed by atoms with Gasteiger partial charge in [0.25, 0.3) is 5.91 Å². The van der Waals surface area contributed by atoms with E-state index >= 15 is 0 Å². The molecular weight excluding hydrogens is 340 g/mol. The SMILES string of the molecule is COc1ccccc1CNC(=O)[C@H](CC(C)C)N1Cc2ccccc2C1=O. The molecule has 2 amide bonds. The van der Waals surface area contributed by atoms with Crippen LogP contribution < -0.4 is 10.1 Å². The molecule has 0 unspecified atom stereocenters. The first-order valence-electron chi connectivity index (χ1n) is 9.29. The van der Waals surface area contributed by atoms with E-state index in [1.165, 1.54) is 0 Å². The zero-order valence-electron chi connectivity index (χ0n) is 16.1. The molecule has 2 aromatic carbocycles. The Morgan fingerprint density at radius 3 is 2.56 bits per heavy atom. The Kier molecular flexibility index (Phi) is 5.79. The van der Waals surface area contributed by atoms with Gasteiger partial charge in [0.1, 0.15) is 11.8 Å². The number of carbonyl (C=O) groups is 2. The fourth-order valence-corrected chi connectivity index (χ4v) is 3.50. The number of para-hydroxylation sites is 1. The van der Waals surface area contributed by atoms with E-state index in [1.54, 1.807) is 12.0 Å². The van der Waals surface area contributed by atoms with Crippen molar-refractivity contribution in [2.45, 2.75) is 39.4 Å². The summed E-state index contributed by atoms with van der Waals surface area (Å²) in [6.07, 6.45) is 0.623. The second kappa shape index (κ2) is 8.25. The van der Waals surface area contributed by atoms with Gasteiger partial charge in [0.05, 0.1) is 7.11 Å². The van der Waals surface area contributed by atoms with Crippen molar-refractivity contribution in [1.82, 2.24) is 10.2 Å². The number of benzene rings is 2. The zero-order chi connectivity index (χ0) is 19.4. The third kappa shape index (κ3) is 4.13. The van der Waals surface area contributed by atoms with Crippen LogP contribution in [0.3, 0.4) is 0 Å². The fraction of sp³-hybridized carbons (Fsp3) is 0.364. The molecule has 0 spiro atoms. The van der Waals surface area contributed by atoms with Gasteiger partial charge in [0.15, 0.2) is 0 Å². The molecule has 1 atom stereocenters. The Hall–Kier alpha value is -2.82. The summed E-state index contributed by atoms with van der Waals surface area (Å²) in [6.45, 7) is 4.98. The number of hydrogen-bond donors (Lipinski definition) is 1. The molecule has 0 radical (unpaired) electrons. The molecule has 1 aliphatic heterocycles. The van der Waals surface area contributed by atoms with E-state index in [0.717, 1.165) is 16.9 Å². The van der Waals surface area contributed by atoms with Crippen LogP contribution >= 0.6 is 0 Å². The maximum atomic E-state index is 13.0. The van der Waals surface area contributed by atoms with E-state index in [1.807, 2.05) is 48.5 Å².